The fourth-order valence-corrected chi connectivity index (χ4v) is 2.55. The maximum Gasteiger partial charge on any atom is 0.169 e. The number of hydrogen-bond acceptors (Lipinski definition) is 7. The van der Waals surface area contributed by atoms with Crippen molar-refractivity contribution in [2.45, 2.75) is 24.5 Å². The summed E-state index contributed by atoms with van der Waals surface area (Å²) < 4.78 is 7.33. The van der Waals surface area contributed by atoms with E-state index in [0.717, 1.165) is 0 Å². The highest BCUT2D eigenvalue weighted by Crippen LogP contribution is 2.30. The summed E-state index contributed by atoms with van der Waals surface area (Å²) in [5.74, 6) is 0.691. The van der Waals surface area contributed by atoms with Gasteiger partial charge in [-0.25, -0.2) is 15.0 Å². The lowest BCUT2D eigenvalue weighted by Gasteiger charge is -2.16. The molecule has 5 N–H and O–H groups in total. The molecule has 1 aliphatic heterocycles. The number of anilines is 1. The number of quaternary nitrogens is 1. The summed E-state index contributed by atoms with van der Waals surface area (Å²) in [6, 6.07) is -0.410. The minimum absolute atomic E-state index is 0.188. The predicted octanol–water partition coefficient (Wildman–Crippen LogP) is -2.25. The van der Waals surface area contributed by atoms with Crippen molar-refractivity contribution < 1.29 is 20.7 Å². The summed E-state index contributed by atoms with van der Waals surface area (Å²) >= 11 is 0. The second-order valence-corrected chi connectivity index (χ2v) is 5.32. The zero-order valence-corrected chi connectivity index (χ0v) is 11.9. The van der Waals surface area contributed by atoms with Crippen LogP contribution in [-0.4, -0.2) is 68.7 Å². The summed E-state index contributed by atoms with van der Waals surface area (Å²) in [4.78, 5) is 14.6. The fraction of sp³-hybridized carbons (Fsp3) is 0.583. The van der Waals surface area contributed by atoms with E-state index in [9.17, 15) is 10.2 Å². The normalized spacial score (nSPS) is 29.2. The first-order valence-corrected chi connectivity index (χ1v) is 6.67. The Balaban J connectivity index is 2.04. The Morgan fingerprint density at radius 3 is 2.76 bits per heavy atom. The summed E-state index contributed by atoms with van der Waals surface area (Å²) in [6.07, 6.45) is 1.00. The number of fused-ring (bicyclic) bond motifs is 1. The molecule has 9 heteroatoms. The lowest BCUT2D eigenvalue weighted by atomic mass is 10.1. The Hall–Kier alpha value is -1.81. The number of rotatable bonds is 3. The van der Waals surface area contributed by atoms with Gasteiger partial charge in [-0.15, -0.1) is 0 Å². The standard InChI is InChI=1S/C12H18N6O3/c1-17(2)10-8-11(15-4-14-10)18(5-16-8)12-9(20)7(13)6(3-19)21-12/h4-7,9,12,19-20H,3,13H2,1-2H3/p+1/t6-,7+,9-,12+/m0/s1. The minimum atomic E-state index is -0.836. The Morgan fingerprint density at radius 2 is 2.14 bits per heavy atom. The van der Waals surface area contributed by atoms with Crippen molar-refractivity contribution in [3.8, 4) is 0 Å². The van der Waals surface area contributed by atoms with Crippen molar-refractivity contribution in [1.82, 2.24) is 19.5 Å². The van der Waals surface area contributed by atoms with E-state index in [1.807, 2.05) is 19.0 Å². The molecule has 1 saturated heterocycles. The van der Waals surface area contributed by atoms with Gasteiger partial charge in [0.1, 0.15) is 18.5 Å². The lowest BCUT2D eigenvalue weighted by Crippen LogP contribution is -2.69. The second kappa shape index (κ2) is 5.19. The molecule has 2 aromatic rings. The Kier molecular flexibility index (Phi) is 3.49. The van der Waals surface area contributed by atoms with E-state index in [2.05, 4.69) is 20.7 Å². The number of ether oxygens (including phenoxy) is 1. The van der Waals surface area contributed by atoms with Gasteiger partial charge in [0, 0.05) is 14.1 Å². The second-order valence-electron chi connectivity index (χ2n) is 5.32. The first-order valence-electron chi connectivity index (χ1n) is 6.67. The van der Waals surface area contributed by atoms with E-state index >= 15 is 0 Å². The van der Waals surface area contributed by atoms with Crippen LogP contribution in [0, 0.1) is 0 Å². The largest absolute Gasteiger partial charge is 0.393 e. The quantitative estimate of drug-likeness (QED) is 0.584. The van der Waals surface area contributed by atoms with Gasteiger partial charge in [-0.2, -0.15) is 0 Å². The molecule has 9 nitrogen and oxygen atoms in total. The van der Waals surface area contributed by atoms with Crippen LogP contribution in [-0.2, 0) is 4.74 Å². The Morgan fingerprint density at radius 1 is 1.38 bits per heavy atom. The van der Waals surface area contributed by atoms with Gasteiger partial charge in [0.15, 0.2) is 29.3 Å². The maximum absolute atomic E-state index is 10.3. The zero-order chi connectivity index (χ0) is 15.1. The first-order chi connectivity index (χ1) is 10.0. The molecule has 0 radical (unpaired) electrons. The molecule has 0 aliphatic carbocycles. The van der Waals surface area contributed by atoms with Crippen molar-refractivity contribution in [2.75, 3.05) is 25.6 Å². The SMILES string of the molecule is CN(C)c1ncnc2c1ncn2[C@@H]1O[C@@H](CO)[C@@H]([NH3+])[C@@H]1O. The molecule has 21 heavy (non-hydrogen) atoms. The van der Waals surface area contributed by atoms with Gasteiger partial charge in [-0.1, -0.05) is 0 Å². The summed E-state index contributed by atoms with van der Waals surface area (Å²) in [5, 5.41) is 19.5. The third-order valence-electron chi connectivity index (χ3n) is 3.74. The van der Waals surface area contributed by atoms with E-state index in [1.54, 1.807) is 10.9 Å². The van der Waals surface area contributed by atoms with Gasteiger partial charge in [0.05, 0.1) is 12.9 Å². The smallest absolute Gasteiger partial charge is 0.169 e. The molecule has 1 fully saturated rings. The van der Waals surface area contributed by atoms with Crippen molar-refractivity contribution >= 4 is 17.0 Å². The highest BCUT2D eigenvalue weighted by molar-refractivity contribution is 5.83. The van der Waals surface area contributed by atoms with E-state index in [0.29, 0.717) is 17.0 Å². The number of hydrogen-bond donors (Lipinski definition) is 3. The van der Waals surface area contributed by atoms with Crippen molar-refractivity contribution in [3.05, 3.63) is 12.7 Å². The summed E-state index contributed by atoms with van der Waals surface area (Å²) in [5.41, 5.74) is 5.05. The van der Waals surface area contributed by atoms with Gasteiger partial charge < -0.3 is 25.6 Å². The van der Waals surface area contributed by atoms with Crippen molar-refractivity contribution in [1.29, 1.82) is 0 Å². The Labute approximate surface area is 121 Å². The van der Waals surface area contributed by atoms with Gasteiger partial charge in [-0.05, 0) is 0 Å². The molecule has 0 saturated carbocycles. The average Bonchev–Trinajstić information content (AvgIpc) is 3.01. The number of imidazole rings is 1. The van der Waals surface area contributed by atoms with Gasteiger partial charge in [0.2, 0.25) is 0 Å². The number of aliphatic hydroxyl groups excluding tert-OH is 2. The topological polar surface area (TPSA) is 124 Å². The monoisotopic (exact) mass is 295 g/mol. The number of nitrogens with zero attached hydrogens (tertiary/aromatic N) is 5. The first kappa shape index (κ1) is 14.1. The zero-order valence-electron chi connectivity index (χ0n) is 11.9. The maximum atomic E-state index is 10.3. The van der Waals surface area contributed by atoms with Crippen LogP contribution in [0.1, 0.15) is 6.23 Å². The van der Waals surface area contributed by atoms with Crippen LogP contribution < -0.4 is 10.6 Å². The van der Waals surface area contributed by atoms with Crippen LogP contribution in [0.5, 0.6) is 0 Å². The van der Waals surface area contributed by atoms with Crippen LogP contribution in [0.4, 0.5) is 5.82 Å². The van der Waals surface area contributed by atoms with Crippen LogP contribution >= 0.6 is 0 Å². The number of aromatic nitrogens is 4. The predicted molar refractivity (Wildman–Crippen MR) is 73.3 cm³/mol. The van der Waals surface area contributed by atoms with Crippen LogP contribution in [0.3, 0.4) is 0 Å². The molecular weight excluding hydrogens is 276 g/mol. The van der Waals surface area contributed by atoms with E-state index < -0.39 is 24.5 Å². The van der Waals surface area contributed by atoms with Gasteiger partial charge in [0.25, 0.3) is 0 Å². The number of aliphatic hydroxyl groups is 2. The summed E-state index contributed by atoms with van der Waals surface area (Å²) in [7, 11) is 3.74. The third-order valence-corrected chi connectivity index (χ3v) is 3.74. The molecule has 3 heterocycles. The summed E-state index contributed by atoms with van der Waals surface area (Å²) in [6.45, 7) is -0.188. The van der Waals surface area contributed by atoms with Gasteiger partial charge >= 0.3 is 0 Å². The van der Waals surface area contributed by atoms with Crippen LogP contribution in [0.25, 0.3) is 11.2 Å². The molecule has 0 amide bonds. The van der Waals surface area contributed by atoms with E-state index in [1.165, 1.54) is 6.33 Å². The molecule has 1 aliphatic rings. The molecule has 0 bridgehead atoms. The molecule has 3 rings (SSSR count). The van der Waals surface area contributed by atoms with Crippen molar-refractivity contribution in [3.63, 3.8) is 0 Å². The van der Waals surface area contributed by atoms with Gasteiger partial charge in [-0.3, -0.25) is 4.57 Å². The van der Waals surface area contributed by atoms with Crippen LogP contribution in [0.2, 0.25) is 0 Å². The molecule has 0 unspecified atom stereocenters. The highest BCUT2D eigenvalue weighted by atomic mass is 16.5. The average molecular weight is 295 g/mol. The minimum Gasteiger partial charge on any atom is -0.393 e. The van der Waals surface area contributed by atoms with E-state index in [4.69, 9.17) is 4.74 Å². The molecular formula is C12H19N6O3+. The molecule has 4 atom stereocenters. The fourth-order valence-electron chi connectivity index (χ4n) is 2.55. The Bertz CT molecular complexity index is 645. The highest BCUT2D eigenvalue weighted by Gasteiger charge is 2.45. The molecule has 114 valence electrons. The molecule has 0 aromatic carbocycles. The molecule has 2 aromatic heterocycles. The van der Waals surface area contributed by atoms with Crippen molar-refractivity contribution in [2.24, 2.45) is 0 Å². The lowest BCUT2D eigenvalue weighted by molar-refractivity contribution is -0.441. The third kappa shape index (κ3) is 2.14. The van der Waals surface area contributed by atoms with Crippen LogP contribution in [0.15, 0.2) is 12.7 Å². The van der Waals surface area contributed by atoms with E-state index in [-0.39, 0.29) is 6.61 Å². The molecule has 0 spiro atoms.